The maximum absolute atomic E-state index is 13.1. The highest BCUT2D eigenvalue weighted by atomic mass is 79.9. The summed E-state index contributed by atoms with van der Waals surface area (Å²) >= 11 is 9.72. The Morgan fingerprint density at radius 3 is 2.66 bits per heavy atom. The van der Waals surface area contributed by atoms with E-state index < -0.39 is 17.7 Å². The second-order valence-electron chi connectivity index (χ2n) is 7.14. The number of likely N-dealkylation sites (tertiary alicyclic amines) is 1. The number of amides is 1. The second-order valence-corrected chi connectivity index (χ2v) is 8.46. The van der Waals surface area contributed by atoms with Crippen LogP contribution in [0.5, 0.6) is 5.75 Å². The number of furan rings is 1. The number of hydrogen-bond acceptors (Lipinski definition) is 5. The van der Waals surface area contributed by atoms with Crippen LogP contribution in [-0.2, 0) is 16.1 Å². The molecular formula is C24H19BrClNO5. The lowest BCUT2D eigenvalue weighted by molar-refractivity contribution is -0.140. The van der Waals surface area contributed by atoms with Crippen molar-refractivity contribution in [2.24, 2.45) is 0 Å². The van der Waals surface area contributed by atoms with Gasteiger partial charge in [-0.05, 0) is 55.0 Å². The molecule has 3 aromatic rings. The number of aliphatic hydroxyl groups is 1. The topological polar surface area (TPSA) is 80.0 Å². The highest BCUT2D eigenvalue weighted by Gasteiger charge is 2.46. The van der Waals surface area contributed by atoms with Gasteiger partial charge in [-0.3, -0.25) is 9.59 Å². The fourth-order valence-corrected chi connectivity index (χ4v) is 4.36. The van der Waals surface area contributed by atoms with Crippen LogP contribution in [-0.4, -0.2) is 28.3 Å². The van der Waals surface area contributed by atoms with Crippen LogP contribution < -0.4 is 4.74 Å². The van der Waals surface area contributed by atoms with Gasteiger partial charge >= 0.3 is 0 Å². The molecule has 1 aliphatic rings. The zero-order chi connectivity index (χ0) is 22.8. The van der Waals surface area contributed by atoms with Crippen molar-refractivity contribution < 1.29 is 23.8 Å². The van der Waals surface area contributed by atoms with E-state index in [4.69, 9.17) is 20.8 Å². The number of hydrogen-bond donors (Lipinski definition) is 1. The molecule has 1 atom stereocenters. The van der Waals surface area contributed by atoms with Crippen molar-refractivity contribution in [1.82, 2.24) is 4.90 Å². The molecule has 1 unspecified atom stereocenters. The molecule has 8 heteroatoms. The molecule has 2 heterocycles. The Bertz CT molecular complexity index is 1200. The zero-order valence-electron chi connectivity index (χ0n) is 17.0. The lowest BCUT2D eigenvalue weighted by atomic mass is 9.95. The minimum Gasteiger partial charge on any atom is -0.507 e. The van der Waals surface area contributed by atoms with E-state index in [9.17, 15) is 14.7 Å². The van der Waals surface area contributed by atoms with E-state index >= 15 is 0 Å². The summed E-state index contributed by atoms with van der Waals surface area (Å²) in [5.41, 5.74) is 0.970. The zero-order valence-corrected chi connectivity index (χ0v) is 19.4. The normalized spacial score (nSPS) is 17.7. The van der Waals surface area contributed by atoms with E-state index in [1.807, 2.05) is 19.1 Å². The van der Waals surface area contributed by atoms with E-state index in [-0.39, 0.29) is 17.9 Å². The molecule has 164 valence electrons. The summed E-state index contributed by atoms with van der Waals surface area (Å²) in [5, 5.41) is 11.4. The number of carbonyl (C=O) groups excluding carboxylic acids is 2. The van der Waals surface area contributed by atoms with Gasteiger partial charge in [0.1, 0.15) is 17.3 Å². The molecule has 1 N–H and O–H groups in total. The third kappa shape index (κ3) is 4.18. The average molecular weight is 517 g/mol. The van der Waals surface area contributed by atoms with Gasteiger partial charge in [-0.2, -0.15) is 0 Å². The van der Waals surface area contributed by atoms with Gasteiger partial charge in [0.05, 0.1) is 36.1 Å². The molecule has 32 heavy (non-hydrogen) atoms. The molecule has 0 bridgehead atoms. The van der Waals surface area contributed by atoms with Gasteiger partial charge in [0, 0.05) is 10.0 Å². The summed E-state index contributed by atoms with van der Waals surface area (Å²) in [4.78, 5) is 27.5. The predicted octanol–water partition coefficient (Wildman–Crippen LogP) is 5.72. The van der Waals surface area contributed by atoms with E-state index in [2.05, 4.69) is 15.9 Å². The fourth-order valence-electron chi connectivity index (χ4n) is 3.71. The molecule has 4 rings (SSSR count). The average Bonchev–Trinajstić information content (AvgIpc) is 3.37. The van der Waals surface area contributed by atoms with Crippen LogP contribution >= 0.6 is 27.5 Å². The van der Waals surface area contributed by atoms with Crippen LogP contribution in [0.15, 0.2) is 75.3 Å². The number of ether oxygens (including phenoxy) is 1. The first-order valence-corrected chi connectivity index (χ1v) is 11.1. The van der Waals surface area contributed by atoms with Crippen LogP contribution in [0.3, 0.4) is 0 Å². The minimum absolute atomic E-state index is 0.0140. The van der Waals surface area contributed by atoms with Crippen LogP contribution in [0, 0.1) is 0 Å². The van der Waals surface area contributed by atoms with Crippen molar-refractivity contribution >= 4 is 45.0 Å². The van der Waals surface area contributed by atoms with E-state index in [0.29, 0.717) is 34.3 Å². The largest absolute Gasteiger partial charge is 0.507 e. The van der Waals surface area contributed by atoms with Crippen molar-refractivity contribution in [1.29, 1.82) is 0 Å². The van der Waals surface area contributed by atoms with Gasteiger partial charge in [-0.25, -0.2) is 0 Å². The van der Waals surface area contributed by atoms with E-state index in [1.165, 1.54) is 17.2 Å². The molecule has 1 aromatic heterocycles. The Morgan fingerprint density at radius 1 is 1.19 bits per heavy atom. The summed E-state index contributed by atoms with van der Waals surface area (Å²) in [6.07, 6.45) is 1.50. The van der Waals surface area contributed by atoms with Crippen LogP contribution in [0.1, 0.15) is 29.9 Å². The first-order valence-electron chi connectivity index (χ1n) is 9.89. The number of benzene rings is 2. The summed E-state index contributed by atoms with van der Waals surface area (Å²) in [6, 6.07) is 14.6. The second kappa shape index (κ2) is 9.22. The summed E-state index contributed by atoms with van der Waals surface area (Å²) in [6.45, 7) is 2.35. The molecule has 1 fully saturated rings. The maximum atomic E-state index is 13.1. The SMILES string of the molecule is CCOc1ccc(C(O)=C2C(=O)C(=O)N(Cc3ccco3)C2c2cccc(Br)c2)cc1Cl. The highest BCUT2D eigenvalue weighted by molar-refractivity contribution is 9.10. The monoisotopic (exact) mass is 515 g/mol. The quantitative estimate of drug-likeness (QED) is 0.258. The lowest BCUT2D eigenvalue weighted by Gasteiger charge is -2.24. The van der Waals surface area contributed by atoms with Crippen molar-refractivity contribution in [3.05, 3.63) is 92.8 Å². The Balaban J connectivity index is 1.85. The molecule has 0 spiro atoms. The molecule has 0 radical (unpaired) electrons. The fraction of sp³-hybridized carbons (Fsp3) is 0.167. The molecular weight excluding hydrogens is 498 g/mol. The van der Waals surface area contributed by atoms with Crippen molar-refractivity contribution in [2.45, 2.75) is 19.5 Å². The minimum atomic E-state index is -0.803. The number of aliphatic hydroxyl groups excluding tert-OH is 1. The Labute approximate surface area is 198 Å². The smallest absolute Gasteiger partial charge is 0.296 e. The van der Waals surface area contributed by atoms with Gasteiger partial charge in [0.25, 0.3) is 11.7 Å². The first-order chi connectivity index (χ1) is 15.4. The Kier molecular flexibility index (Phi) is 6.39. The van der Waals surface area contributed by atoms with Gasteiger partial charge in [-0.1, -0.05) is 39.7 Å². The molecule has 0 saturated carbocycles. The standard InChI is InChI=1S/C24H19BrClNO5/c1-2-31-19-9-8-15(12-18(19)26)22(28)20-21(14-5-3-6-16(25)11-14)27(24(30)23(20)29)13-17-7-4-10-32-17/h3-12,21,28H,2,13H2,1H3. The van der Waals surface area contributed by atoms with Crippen molar-refractivity contribution in [3.8, 4) is 5.75 Å². The van der Waals surface area contributed by atoms with Crippen molar-refractivity contribution in [2.75, 3.05) is 6.61 Å². The van der Waals surface area contributed by atoms with Crippen LogP contribution in [0.4, 0.5) is 0 Å². The number of Topliss-reactive ketones (excluding diaryl/α,β-unsaturated/α-hetero) is 1. The number of halogens is 2. The number of nitrogens with zero attached hydrogens (tertiary/aromatic N) is 1. The number of rotatable bonds is 6. The first kappa shape index (κ1) is 22.2. The van der Waals surface area contributed by atoms with Crippen LogP contribution in [0.2, 0.25) is 5.02 Å². The van der Waals surface area contributed by atoms with Gasteiger partial charge in [0.15, 0.2) is 0 Å². The molecule has 1 amide bonds. The van der Waals surface area contributed by atoms with Gasteiger partial charge in [-0.15, -0.1) is 0 Å². The van der Waals surface area contributed by atoms with Gasteiger partial charge < -0.3 is 19.2 Å². The van der Waals surface area contributed by atoms with E-state index in [0.717, 1.165) is 4.47 Å². The number of carbonyl (C=O) groups is 2. The Morgan fingerprint density at radius 2 is 2.00 bits per heavy atom. The number of ketones is 1. The van der Waals surface area contributed by atoms with E-state index in [1.54, 1.807) is 36.4 Å². The molecule has 1 saturated heterocycles. The summed E-state index contributed by atoms with van der Waals surface area (Å²) in [5.74, 6) is -0.808. The molecule has 2 aromatic carbocycles. The van der Waals surface area contributed by atoms with Crippen molar-refractivity contribution in [3.63, 3.8) is 0 Å². The molecule has 6 nitrogen and oxygen atoms in total. The molecule has 0 aliphatic carbocycles. The lowest BCUT2D eigenvalue weighted by Crippen LogP contribution is -2.29. The highest BCUT2D eigenvalue weighted by Crippen LogP contribution is 2.41. The predicted molar refractivity (Wildman–Crippen MR) is 123 cm³/mol. The third-order valence-electron chi connectivity index (χ3n) is 5.12. The summed E-state index contributed by atoms with van der Waals surface area (Å²) in [7, 11) is 0. The molecule has 1 aliphatic heterocycles. The summed E-state index contributed by atoms with van der Waals surface area (Å²) < 4.78 is 11.6. The third-order valence-corrected chi connectivity index (χ3v) is 5.90. The van der Waals surface area contributed by atoms with Crippen LogP contribution in [0.25, 0.3) is 5.76 Å². The maximum Gasteiger partial charge on any atom is 0.296 e. The van der Waals surface area contributed by atoms with Gasteiger partial charge in [0.2, 0.25) is 0 Å². The Hall–Kier alpha value is -3.03.